The first kappa shape index (κ1) is 20.8. The summed E-state index contributed by atoms with van der Waals surface area (Å²) in [5.74, 6) is 0. The van der Waals surface area contributed by atoms with Crippen molar-refractivity contribution >= 4 is 28.0 Å². The Labute approximate surface area is 174 Å². The highest BCUT2D eigenvalue weighted by Gasteiger charge is 2.24. The van der Waals surface area contributed by atoms with Gasteiger partial charge >= 0.3 is 0 Å². The Balaban J connectivity index is 1.54. The van der Waals surface area contributed by atoms with Crippen molar-refractivity contribution in [1.82, 2.24) is 0 Å². The molecule has 0 amide bonds. The first-order valence-corrected chi connectivity index (χ1v) is 14.6. The summed E-state index contributed by atoms with van der Waals surface area (Å²) in [7, 11) is -0.953. The molecule has 28 heavy (non-hydrogen) atoms. The fourth-order valence-corrected chi connectivity index (χ4v) is 9.19. The first-order chi connectivity index (χ1) is 13.7. The Morgan fingerprint density at radius 1 is 0.679 bits per heavy atom. The number of hydrogen-bond donors (Lipinski definition) is 0. The summed E-state index contributed by atoms with van der Waals surface area (Å²) in [6.45, 7) is 5.03. The van der Waals surface area contributed by atoms with Gasteiger partial charge in [0.2, 0.25) is 0 Å². The van der Waals surface area contributed by atoms with E-state index in [-0.39, 0.29) is 8.80 Å². The molecular formula is C26H32Si2. The number of aryl methyl sites for hydroxylation is 1. The summed E-state index contributed by atoms with van der Waals surface area (Å²) < 4.78 is 0. The van der Waals surface area contributed by atoms with E-state index in [0.717, 1.165) is 5.54 Å². The van der Waals surface area contributed by atoms with Crippen molar-refractivity contribution < 1.29 is 0 Å². The van der Waals surface area contributed by atoms with Crippen LogP contribution < -0.4 is 10.4 Å². The summed E-state index contributed by atoms with van der Waals surface area (Å²) in [4.78, 5) is 0. The van der Waals surface area contributed by atoms with Crippen molar-refractivity contribution in [2.75, 3.05) is 0 Å². The lowest BCUT2D eigenvalue weighted by atomic mass is 10.1. The first-order valence-electron chi connectivity index (χ1n) is 10.6. The minimum Gasteiger partial charge on any atom is -0.0711 e. The molecular weight excluding hydrogens is 368 g/mol. The molecule has 1 unspecified atom stereocenters. The summed E-state index contributed by atoms with van der Waals surface area (Å²) in [6.07, 6.45) is 3.95. The van der Waals surface area contributed by atoms with Crippen LogP contribution in [0.3, 0.4) is 0 Å². The van der Waals surface area contributed by atoms with Gasteiger partial charge in [-0.1, -0.05) is 140 Å². The van der Waals surface area contributed by atoms with Crippen LogP contribution >= 0.6 is 0 Å². The second-order valence-electron chi connectivity index (χ2n) is 7.88. The van der Waals surface area contributed by atoms with Crippen molar-refractivity contribution in [2.45, 2.75) is 50.4 Å². The van der Waals surface area contributed by atoms with E-state index < -0.39 is 8.80 Å². The third-order valence-electron chi connectivity index (χ3n) is 5.58. The van der Waals surface area contributed by atoms with Crippen LogP contribution in [0.1, 0.15) is 25.3 Å². The second-order valence-corrected chi connectivity index (χ2v) is 13.8. The van der Waals surface area contributed by atoms with E-state index in [0.29, 0.717) is 0 Å². The van der Waals surface area contributed by atoms with Crippen LogP contribution in [0.15, 0.2) is 91.0 Å². The monoisotopic (exact) mass is 400 g/mol. The molecule has 0 aromatic heterocycles. The van der Waals surface area contributed by atoms with Gasteiger partial charge in [-0.15, -0.1) is 0 Å². The van der Waals surface area contributed by atoms with Crippen LogP contribution in [0.25, 0.3) is 0 Å². The molecule has 3 aromatic rings. The van der Waals surface area contributed by atoms with Gasteiger partial charge in [-0.05, 0) is 17.5 Å². The number of benzene rings is 3. The summed E-state index contributed by atoms with van der Waals surface area (Å²) >= 11 is 0. The zero-order valence-corrected chi connectivity index (χ0v) is 19.3. The standard InChI is InChI=1S/C26H32Si2/c1-23(20-22-27(2)21-12-15-24-13-6-3-7-14-24)28(25-16-8-4-9-17-25)26-18-10-5-11-19-26/h3-11,13-14,16-19,23H,12,15,20-22H2,1-2H3. The lowest BCUT2D eigenvalue weighted by molar-refractivity contribution is 0.841. The summed E-state index contributed by atoms with van der Waals surface area (Å²) in [5.41, 5.74) is 2.26. The second kappa shape index (κ2) is 11.2. The predicted octanol–water partition coefficient (Wildman–Crippen LogP) is 5.83. The molecule has 0 aliphatic carbocycles. The van der Waals surface area contributed by atoms with Crippen molar-refractivity contribution in [2.24, 2.45) is 0 Å². The van der Waals surface area contributed by atoms with Crippen LogP contribution in [0.4, 0.5) is 0 Å². The Morgan fingerprint density at radius 2 is 1.18 bits per heavy atom. The lowest BCUT2D eigenvalue weighted by Crippen LogP contribution is -2.45. The van der Waals surface area contributed by atoms with Gasteiger partial charge in [0.15, 0.2) is 0 Å². The van der Waals surface area contributed by atoms with Gasteiger partial charge in [-0.3, -0.25) is 0 Å². The molecule has 3 aromatic carbocycles. The molecule has 0 aliphatic rings. The number of rotatable bonds is 10. The molecule has 0 saturated carbocycles. The van der Waals surface area contributed by atoms with Crippen molar-refractivity contribution in [3.8, 4) is 0 Å². The molecule has 3 rings (SSSR count). The van der Waals surface area contributed by atoms with E-state index in [9.17, 15) is 0 Å². The highest BCUT2D eigenvalue weighted by molar-refractivity contribution is 6.86. The zero-order valence-electron chi connectivity index (χ0n) is 17.3. The molecule has 0 aliphatic heterocycles. The van der Waals surface area contributed by atoms with Crippen molar-refractivity contribution in [3.05, 3.63) is 96.6 Å². The smallest absolute Gasteiger partial charge is 0.0711 e. The molecule has 0 spiro atoms. The van der Waals surface area contributed by atoms with Crippen LogP contribution in [0, 0.1) is 0 Å². The quantitative estimate of drug-likeness (QED) is 0.375. The lowest BCUT2D eigenvalue weighted by Gasteiger charge is -2.24. The van der Waals surface area contributed by atoms with E-state index in [2.05, 4.69) is 104 Å². The topological polar surface area (TPSA) is 0 Å². The number of hydrogen-bond acceptors (Lipinski definition) is 0. The van der Waals surface area contributed by atoms with Crippen molar-refractivity contribution in [3.63, 3.8) is 0 Å². The van der Waals surface area contributed by atoms with Crippen LogP contribution in [0.2, 0.25) is 24.2 Å². The molecule has 0 N–H and O–H groups in total. The van der Waals surface area contributed by atoms with E-state index in [4.69, 9.17) is 0 Å². The maximum absolute atomic E-state index is 2.54. The maximum atomic E-state index is 2.54. The average Bonchev–Trinajstić information content (AvgIpc) is 2.75. The summed E-state index contributed by atoms with van der Waals surface area (Å²) in [6, 6.07) is 36.3. The molecule has 0 bridgehead atoms. The minimum atomic E-state index is -0.719. The van der Waals surface area contributed by atoms with E-state index in [1.54, 1.807) is 10.4 Å². The highest BCUT2D eigenvalue weighted by Crippen LogP contribution is 2.21. The van der Waals surface area contributed by atoms with Gasteiger partial charge in [0.25, 0.3) is 0 Å². The molecule has 0 fully saturated rings. The molecule has 2 radical (unpaired) electrons. The summed E-state index contributed by atoms with van der Waals surface area (Å²) in [5, 5.41) is 3.11. The molecule has 2 heteroatoms. The molecule has 1 atom stereocenters. The Hall–Kier alpha value is -1.91. The third kappa shape index (κ3) is 6.32. The van der Waals surface area contributed by atoms with E-state index >= 15 is 0 Å². The van der Waals surface area contributed by atoms with Gasteiger partial charge in [0.1, 0.15) is 8.80 Å². The fourth-order valence-electron chi connectivity index (χ4n) is 3.94. The predicted molar refractivity (Wildman–Crippen MR) is 128 cm³/mol. The van der Waals surface area contributed by atoms with Crippen molar-refractivity contribution in [1.29, 1.82) is 0 Å². The third-order valence-corrected chi connectivity index (χ3v) is 11.1. The minimum absolute atomic E-state index is 0.234. The van der Waals surface area contributed by atoms with Gasteiger partial charge in [0.05, 0.1) is 0 Å². The Kier molecular flexibility index (Phi) is 8.31. The van der Waals surface area contributed by atoms with E-state index in [1.807, 2.05) is 0 Å². The maximum Gasteiger partial charge on any atom is 0.124 e. The van der Waals surface area contributed by atoms with Crippen LogP contribution in [0.5, 0.6) is 0 Å². The molecule has 0 nitrogen and oxygen atoms in total. The fraction of sp³-hybridized carbons (Fsp3) is 0.308. The van der Waals surface area contributed by atoms with Gasteiger partial charge in [-0.2, -0.15) is 0 Å². The van der Waals surface area contributed by atoms with E-state index in [1.165, 1.54) is 36.9 Å². The average molecular weight is 401 g/mol. The zero-order chi connectivity index (χ0) is 19.6. The van der Waals surface area contributed by atoms with Gasteiger partial charge in [0, 0.05) is 8.80 Å². The van der Waals surface area contributed by atoms with Gasteiger partial charge < -0.3 is 0 Å². The Bertz CT molecular complexity index is 747. The molecule has 0 heterocycles. The largest absolute Gasteiger partial charge is 0.124 e. The molecule has 144 valence electrons. The highest BCUT2D eigenvalue weighted by atomic mass is 28.3. The van der Waals surface area contributed by atoms with Crippen LogP contribution in [-0.4, -0.2) is 17.6 Å². The molecule has 0 saturated heterocycles. The van der Waals surface area contributed by atoms with Crippen LogP contribution in [-0.2, 0) is 6.42 Å². The normalized spacial score (nSPS) is 12.4. The van der Waals surface area contributed by atoms with Gasteiger partial charge in [-0.25, -0.2) is 0 Å². The SMILES string of the molecule is CC(CC[Si](C)CCCc1ccccc1)[Si](c1ccccc1)c1ccccc1. The Morgan fingerprint density at radius 3 is 1.71 bits per heavy atom.